The SMILES string of the molecule is Br.O=C(O)C1(CO)c2ccccc2Oc2ccccc21. The molecule has 0 aliphatic carbocycles. The van der Waals surface area contributed by atoms with E-state index in [0.29, 0.717) is 22.6 Å². The van der Waals surface area contributed by atoms with Crippen molar-refractivity contribution in [3.8, 4) is 11.5 Å². The van der Waals surface area contributed by atoms with E-state index >= 15 is 0 Å². The minimum atomic E-state index is -1.47. The highest BCUT2D eigenvalue weighted by Gasteiger charge is 2.48. The Balaban J connectivity index is 0.00000147. The number of fused-ring (bicyclic) bond motifs is 2. The van der Waals surface area contributed by atoms with E-state index in [2.05, 4.69) is 0 Å². The van der Waals surface area contributed by atoms with Crippen LogP contribution in [0.15, 0.2) is 48.5 Å². The van der Waals surface area contributed by atoms with Crippen molar-refractivity contribution >= 4 is 23.0 Å². The van der Waals surface area contributed by atoms with Crippen molar-refractivity contribution in [1.82, 2.24) is 0 Å². The van der Waals surface area contributed by atoms with Gasteiger partial charge in [-0.3, -0.25) is 4.79 Å². The van der Waals surface area contributed by atoms with Crippen molar-refractivity contribution in [1.29, 1.82) is 0 Å². The number of aliphatic hydroxyl groups is 1. The lowest BCUT2D eigenvalue weighted by Crippen LogP contribution is -2.42. The van der Waals surface area contributed by atoms with Crippen LogP contribution < -0.4 is 4.74 Å². The van der Waals surface area contributed by atoms with Crippen molar-refractivity contribution in [2.45, 2.75) is 5.41 Å². The van der Waals surface area contributed by atoms with E-state index in [-0.39, 0.29) is 17.0 Å². The van der Waals surface area contributed by atoms with Crippen molar-refractivity contribution in [2.75, 3.05) is 6.61 Å². The van der Waals surface area contributed by atoms with E-state index in [1.807, 2.05) is 0 Å². The van der Waals surface area contributed by atoms with Crippen LogP contribution >= 0.6 is 17.0 Å². The van der Waals surface area contributed by atoms with Gasteiger partial charge in [-0.25, -0.2) is 0 Å². The van der Waals surface area contributed by atoms with Crippen LogP contribution in [0.25, 0.3) is 0 Å². The number of carboxylic acids is 1. The summed E-state index contributed by atoms with van der Waals surface area (Å²) in [7, 11) is 0. The zero-order valence-corrected chi connectivity index (χ0v) is 12.2. The van der Waals surface area contributed by atoms with E-state index in [9.17, 15) is 15.0 Å². The fraction of sp³-hybridized carbons (Fsp3) is 0.133. The minimum absolute atomic E-state index is 0. The van der Waals surface area contributed by atoms with E-state index in [1.165, 1.54) is 0 Å². The van der Waals surface area contributed by atoms with Gasteiger partial charge in [0.1, 0.15) is 16.9 Å². The summed E-state index contributed by atoms with van der Waals surface area (Å²) >= 11 is 0. The maximum atomic E-state index is 11.8. The van der Waals surface area contributed by atoms with Crippen LogP contribution in [0.2, 0.25) is 0 Å². The van der Waals surface area contributed by atoms with Crippen molar-refractivity contribution in [3.63, 3.8) is 0 Å². The second-order valence-corrected chi connectivity index (χ2v) is 4.46. The molecule has 2 aromatic carbocycles. The van der Waals surface area contributed by atoms with Gasteiger partial charge in [0.05, 0.1) is 6.61 Å². The Morgan fingerprint density at radius 1 is 1.00 bits per heavy atom. The third-order valence-corrected chi connectivity index (χ3v) is 3.52. The topological polar surface area (TPSA) is 66.8 Å². The van der Waals surface area contributed by atoms with E-state index < -0.39 is 18.0 Å². The first kappa shape index (κ1) is 14.6. The molecule has 0 aromatic heterocycles. The molecule has 2 N–H and O–H groups in total. The number of hydrogen-bond donors (Lipinski definition) is 2. The number of aliphatic carboxylic acids is 1. The lowest BCUT2D eigenvalue weighted by Gasteiger charge is -2.35. The molecule has 0 radical (unpaired) electrons. The highest BCUT2D eigenvalue weighted by molar-refractivity contribution is 8.93. The summed E-state index contributed by atoms with van der Waals surface area (Å²) in [6, 6.07) is 13.8. The van der Waals surface area contributed by atoms with Crippen molar-refractivity contribution in [2.24, 2.45) is 0 Å². The van der Waals surface area contributed by atoms with Gasteiger partial charge in [0, 0.05) is 11.1 Å². The Hall–Kier alpha value is -1.85. The summed E-state index contributed by atoms with van der Waals surface area (Å²) < 4.78 is 5.71. The van der Waals surface area contributed by atoms with Gasteiger partial charge in [-0.05, 0) is 12.1 Å². The third-order valence-electron chi connectivity index (χ3n) is 3.52. The van der Waals surface area contributed by atoms with Crippen LogP contribution in [0, 0.1) is 0 Å². The first-order chi connectivity index (χ1) is 9.20. The van der Waals surface area contributed by atoms with Crippen molar-refractivity contribution in [3.05, 3.63) is 59.7 Å². The standard InChI is InChI=1S/C15H12O4.BrH/c16-9-15(14(17)18)10-5-1-3-7-12(10)19-13-8-4-2-6-11(13)15;/h1-8,16H,9H2,(H,17,18);1H. The maximum Gasteiger partial charge on any atom is 0.321 e. The van der Waals surface area contributed by atoms with Gasteiger partial charge < -0.3 is 14.9 Å². The number of benzene rings is 2. The molecule has 3 rings (SSSR count). The minimum Gasteiger partial charge on any atom is -0.480 e. The monoisotopic (exact) mass is 336 g/mol. The first-order valence-corrected chi connectivity index (χ1v) is 5.91. The molecule has 0 bridgehead atoms. The Labute approximate surface area is 126 Å². The Morgan fingerprint density at radius 2 is 1.45 bits per heavy atom. The van der Waals surface area contributed by atoms with Crippen LogP contribution in [-0.2, 0) is 10.2 Å². The number of carbonyl (C=O) groups is 1. The van der Waals surface area contributed by atoms with Gasteiger partial charge >= 0.3 is 5.97 Å². The predicted octanol–water partition coefficient (Wildman–Crippen LogP) is 2.73. The summed E-state index contributed by atoms with van der Waals surface area (Å²) in [6.07, 6.45) is 0. The number of rotatable bonds is 2. The molecule has 4 nitrogen and oxygen atoms in total. The second kappa shape index (κ2) is 5.26. The van der Waals surface area contributed by atoms with Gasteiger partial charge in [0.25, 0.3) is 0 Å². The van der Waals surface area contributed by atoms with E-state index in [4.69, 9.17) is 4.74 Å². The summed E-state index contributed by atoms with van der Waals surface area (Å²) in [5.41, 5.74) is -0.516. The number of ether oxygens (including phenoxy) is 1. The molecule has 5 heteroatoms. The molecular formula is C15H13BrO4. The Bertz CT molecular complexity index is 608. The average Bonchev–Trinajstić information content (AvgIpc) is 2.44. The number of carboxylic acid groups (broad SMARTS) is 1. The molecular weight excluding hydrogens is 324 g/mol. The molecule has 0 atom stereocenters. The maximum absolute atomic E-state index is 11.8. The number of halogens is 1. The van der Waals surface area contributed by atoms with Crippen LogP contribution in [0.5, 0.6) is 11.5 Å². The lowest BCUT2D eigenvalue weighted by molar-refractivity contribution is -0.143. The van der Waals surface area contributed by atoms with Gasteiger partial charge in [-0.2, -0.15) is 0 Å². The molecule has 0 fully saturated rings. The van der Waals surface area contributed by atoms with Crippen LogP contribution in [0.3, 0.4) is 0 Å². The molecule has 0 saturated heterocycles. The summed E-state index contributed by atoms with van der Waals surface area (Å²) in [6.45, 7) is -0.514. The zero-order chi connectivity index (χ0) is 13.5. The highest BCUT2D eigenvalue weighted by Crippen LogP contribution is 2.47. The lowest BCUT2D eigenvalue weighted by atomic mass is 9.73. The predicted molar refractivity (Wildman–Crippen MR) is 78.8 cm³/mol. The summed E-state index contributed by atoms with van der Waals surface area (Å²) in [4.78, 5) is 11.8. The van der Waals surface area contributed by atoms with Crippen LogP contribution in [0.1, 0.15) is 11.1 Å². The molecule has 0 unspecified atom stereocenters. The number of aliphatic hydroxyl groups excluding tert-OH is 1. The zero-order valence-electron chi connectivity index (χ0n) is 10.4. The van der Waals surface area contributed by atoms with E-state index in [0.717, 1.165) is 0 Å². The van der Waals surface area contributed by atoms with Gasteiger partial charge in [0.2, 0.25) is 0 Å². The van der Waals surface area contributed by atoms with Gasteiger partial charge in [-0.1, -0.05) is 36.4 Å². The largest absolute Gasteiger partial charge is 0.480 e. The molecule has 1 aliphatic rings. The quantitative estimate of drug-likeness (QED) is 0.884. The number of hydrogen-bond acceptors (Lipinski definition) is 3. The molecule has 104 valence electrons. The van der Waals surface area contributed by atoms with Gasteiger partial charge in [-0.15, -0.1) is 17.0 Å². The normalized spacial score (nSPS) is 14.2. The molecule has 0 amide bonds. The van der Waals surface area contributed by atoms with Crippen LogP contribution in [0.4, 0.5) is 0 Å². The molecule has 0 saturated carbocycles. The smallest absolute Gasteiger partial charge is 0.321 e. The van der Waals surface area contributed by atoms with Crippen molar-refractivity contribution < 1.29 is 19.7 Å². The molecule has 2 aromatic rings. The number of para-hydroxylation sites is 2. The Morgan fingerprint density at radius 3 is 1.85 bits per heavy atom. The third kappa shape index (κ3) is 1.82. The summed E-state index contributed by atoms with van der Waals surface area (Å²) in [5.74, 6) is -0.145. The fourth-order valence-electron chi connectivity index (χ4n) is 2.55. The van der Waals surface area contributed by atoms with Crippen LogP contribution in [-0.4, -0.2) is 22.8 Å². The first-order valence-electron chi connectivity index (χ1n) is 5.91. The molecule has 0 spiro atoms. The van der Waals surface area contributed by atoms with E-state index in [1.54, 1.807) is 48.5 Å². The molecule has 1 aliphatic heterocycles. The molecule has 1 heterocycles. The average molecular weight is 337 g/mol. The van der Waals surface area contributed by atoms with Gasteiger partial charge in [0.15, 0.2) is 0 Å². The fourth-order valence-corrected chi connectivity index (χ4v) is 2.55. The second-order valence-electron chi connectivity index (χ2n) is 4.46. The summed E-state index contributed by atoms with van der Waals surface area (Å²) in [5, 5.41) is 19.4. The highest BCUT2D eigenvalue weighted by atomic mass is 79.9. The molecule has 20 heavy (non-hydrogen) atoms. The Kier molecular flexibility index (Phi) is 3.83.